The molecule has 2 bridgehead atoms. The van der Waals surface area contributed by atoms with Gasteiger partial charge in [-0.3, -0.25) is 0 Å². The van der Waals surface area contributed by atoms with E-state index in [9.17, 15) is 8.53 Å². The van der Waals surface area contributed by atoms with Gasteiger partial charge in [-0.15, -0.1) is 0 Å². The zero-order chi connectivity index (χ0) is 17.0. The first-order valence-electron chi connectivity index (χ1n) is 7.75. The van der Waals surface area contributed by atoms with Crippen molar-refractivity contribution < 1.29 is 16.7 Å². The van der Waals surface area contributed by atoms with Gasteiger partial charge in [0.1, 0.15) is 0 Å². The number of nitrogens with one attached hydrogen (secondary N) is 1. The summed E-state index contributed by atoms with van der Waals surface area (Å²) in [6, 6.07) is 6.10. The zero-order valence-electron chi connectivity index (χ0n) is 13.5. The summed E-state index contributed by atoms with van der Waals surface area (Å²) in [4.78, 5) is 12.7. The number of carbonyl (C=O) groups excluding carboxylic acids is 1. The monoisotopic (exact) mass is 379 g/mol. The van der Waals surface area contributed by atoms with E-state index in [4.69, 9.17) is 8.19 Å². The second-order valence-electron chi connectivity index (χ2n) is 7.31. The summed E-state index contributed by atoms with van der Waals surface area (Å²) in [7, 11) is 0. The third kappa shape index (κ3) is 2.42. The number of hydrogen-bond acceptors (Lipinski definition) is 3. The number of rotatable bonds is 3. The summed E-state index contributed by atoms with van der Waals surface area (Å²) < 4.78 is 29.6. The summed E-state index contributed by atoms with van der Waals surface area (Å²) in [6.07, 6.45) is 3.75. The quantitative estimate of drug-likeness (QED) is 0.548. The standard InChI is InChI=1S/C17H22AsNO4/c1-16(2)14-8-9-17(16,3)15(20)13(14)10-19-12-6-4-11(5-7-12)18(21,22)23/h4-7,10,14,19H,8-9H2,1-3H3,(H2,21,22,23)/b13-10+. The first kappa shape index (κ1) is 16.6. The molecule has 2 unspecified atom stereocenters. The van der Waals surface area contributed by atoms with Gasteiger partial charge in [0.15, 0.2) is 0 Å². The van der Waals surface area contributed by atoms with Crippen molar-refractivity contribution in [2.24, 2.45) is 16.7 Å². The first-order chi connectivity index (χ1) is 10.6. The Balaban J connectivity index is 1.82. The Kier molecular flexibility index (Phi) is 3.67. The van der Waals surface area contributed by atoms with Gasteiger partial charge in [0, 0.05) is 0 Å². The number of Topliss-reactive ketones (excluding diaryl/α,β-unsaturated/α-hetero) is 1. The molecule has 124 valence electrons. The van der Waals surface area contributed by atoms with Crippen LogP contribution in [0.4, 0.5) is 5.69 Å². The minimum atomic E-state index is -4.84. The van der Waals surface area contributed by atoms with Crippen LogP contribution in [-0.4, -0.2) is 28.1 Å². The Labute approximate surface area is 138 Å². The van der Waals surface area contributed by atoms with Gasteiger partial charge in [0.05, 0.1) is 0 Å². The van der Waals surface area contributed by atoms with Crippen molar-refractivity contribution in [1.82, 2.24) is 0 Å². The Morgan fingerprint density at radius 2 is 1.83 bits per heavy atom. The van der Waals surface area contributed by atoms with Crippen molar-refractivity contribution >= 4 is 30.0 Å². The molecule has 23 heavy (non-hydrogen) atoms. The third-order valence-corrected chi connectivity index (χ3v) is 8.00. The molecule has 3 N–H and O–H groups in total. The maximum atomic E-state index is 12.7. The molecule has 2 saturated carbocycles. The van der Waals surface area contributed by atoms with Gasteiger partial charge in [-0.25, -0.2) is 0 Å². The molecule has 0 saturated heterocycles. The number of fused-ring (bicyclic) bond motifs is 2. The Hall–Kier alpha value is -1.29. The summed E-state index contributed by atoms with van der Waals surface area (Å²) in [5.74, 6) is 0.492. The van der Waals surface area contributed by atoms with Crippen LogP contribution >= 0.6 is 0 Å². The van der Waals surface area contributed by atoms with Gasteiger partial charge in [-0.1, -0.05) is 0 Å². The fraction of sp³-hybridized carbons (Fsp3) is 0.471. The fourth-order valence-electron chi connectivity index (χ4n) is 4.01. The van der Waals surface area contributed by atoms with Crippen molar-refractivity contribution in [1.29, 1.82) is 0 Å². The number of benzene rings is 1. The van der Waals surface area contributed by atoms with E-state index in [1.165, 1.54) is 12.1 Å². The Morgan fingerprint density at radius 3 is 2.30 bits per heavy atom. The van der Waals surface area contributed by atoms with Crippen molar-refractivity contribution in [2.45, 2.75) is 33.6 Å². The Morgan fingerprint density at radius 1 is 1.22 bits per heavy atom. The molecule has 0 aromatic heterocycles. The van der Waals surface area contributed by atoms with E-state index in [1.54, 1.807) is 18.3 Å². The van der Waals surface area contributed by atoms with Gasteiger partial charge < -0.3 is 0 Å². The predicted octanol–water partition coefficient (Wildman–Crippen LogP) is 1.57. The van der Waals surface area contributed by atoms with Gasteiger partial charge in [0.25, 0.3) is 0 Å². The summed E-state index contributed by atoms with van der Waals surface area (Å²) in [6.45, 7) is 6.40. The molecule has 0 aliphatic heterocycles. The zero-order valence-corrected chi connectivity index (χ0v) is 15.4. The van der Waals surface area contributed by atoms with Crippen LogP contribution in [0.2, 0.25) is 0 Å². The van der Waals surface area contributed by atoms with E-state index in [2.05, 4.69) is 26.1 Å². The van der Waals surface area contributed by atoms with Crippen LogP contribution in [-0.2, 0) is 8.53 Å². The Bertz CT molecular complexity index is 731. The molecule has 2 atom stereocenters. The van der Waals surface area contributed by atoms with Crippen LogP contribution in [0.3, 0.4) is 0 Å². The molecule has 2 aliphatic rings. The first-order valence-corrected chi connectivity index (χ1v) is 11.1. The van der Waals surface area contributed by atoms with Gasteiger partial charge >= 0.3 is 138 Å². The normalized spacial score (nSPS) is 30.9. The number of anilines is 1. The number of carbonyl (C=O) groups is 1. The van der Waals surface area contributed by atoms with E-state index in [0.29, 0.717) is 5.69 Å². The van der Waals surface area contributed by atoms with E-state index < -0.39 is 14.2 Å². The number of hydrogen-bond donors (Lipinski definition) is 3. The molecule has 0 radical (unpaired) electrons. The molecule has 0 amide bonds. The van der Waals surface area contributed by atoms with Crippen LogP contribution in [0.5, 0.6) is 0 Å². The van der Waals surface area contributed by atoms with E-state index in [-0.39, 0.29) is 26.9 Å². The number of allylic oxidation sites excluding steroid dienone is 1. The van der Waals surface area contributed by atoms with Crippen molar-refractivity contribution in [3.8, 4) is 0 Å². The summed E-state index contributed by atoms with van der Waals surface area (Å²) in [5.41, 5.74) is 1.25. The summed E-state index contributed by atoms with van der Waals surface area (Å²) >= 11 is -4.84. The van der Waals surface area contributed by atoms with Gasteiger partial charge in [-0.2, -0.15) is 0 Å². The topological polar surface area (TPSA) is 86.6 Å². The molecule has 1 aromatic rings. The average molecular weight is 379 g/mol. The van der Waals surface area contributed by atoms with Crippen LogP contribution in [0.25, 0.3) is 0 Å². The third-order valence-electron chi connectivity index (χ3n) is 5.96. The SMILES string of the molecule is CC12CCC(/C(=C\Nc3ccc([As](=O)(O)O)cc3)C1=O)C2(C)C. The van der Waals surface area contributed by atoms with Crippen molar-refractivity contribution in [3.63, 3.8) is 0 Å². The minimum absolute atomic E-state index is 0.0235. The van der Waals surface area contributed by atoms with Crippen LogP contribution in [0.15, 0.2) is 36.0 Å². The molecule has 5 nitrogen and oxygen atoms in total. The van der Waals surface area contributed by atoms with Gasteiger partial charge in [-0.05, 0) is 0 Å². The van der Waals surface area contributed by atoms with Crippen LogP contribution in [0.1, 0.15) is 33.6 Å². The second-order valence-corrected chi connectivity index (χ2v) is 10.7. The van der Waals surface area contributed by atoms with E-state index in [1.807, 2.05) is 0 Å². The predicted molar refractivity (Wildman–Crippen MR) is 88.3 cm³/mol. The molecule has 0 heterocycles. The fourth-order valence-corrected chi connectivity index (χ4v) is 5.13. The van der Waals surface area contributed by atoms with Crippen LogP contribution in [0, 0.1) is 16.7 Å². The summed E-state index contributed by atoms with van der Waals surface area (Å²) in [5, 5.41) is 3.11. The molecular weight excluding hydrogens is 357 g/mol. The van der Waals surface area contributed by atoms with Crippen molar-refractivity contribution in [3.05, 3.63) is 36.0 Å². The van der Waals surface area contributed by atoms with Crippen LogP contribution < -0.4 is 9.67 Å². The average Bonchev–Trinajstić information content (AvgIpc) is 2.77. The molecule has 1 aromatic carbocycles. The number of ketones is 1. The molecule has 2 fully saturated rings. The molecule has 3 rings (SSSR count). The van der Waals surface area contributed by atoms with E-state index >= 15 is 0 Å². The second kappa shape index (κ2) is 5.10. The van der Waals surface area contributed by atoms with Crippen molar-refractivity contribution in [2.75, 3.05) is 5.32 Å². The molecule has 0 spiro atoms. The molecule has 2 aliphatic carbocycles. The molecule has 6 heteroatoms. The van der Waals surface area contributed by atoms with Gasteiger partial charge in [0.2, 0.25) is 0 Å². The molecular formula is C17H22AsNO4. The van der Waals surface area contributed by atoms with E-state index in [0.717, 1.165) is 18.4 Å². The maximum absolute atomic E-state index is 12.7.